The van der Waals surface area contributed by atoms with E-state index in [4.69, 9.17) is 34.8 Å². The Kier molecular flexibility index (Phi) is 9.86. The fourth-order valence-electron chi connectivity index (χ4n) is 1.89. The first-order valence-electron chi connectivity index (χ1n) is 7.13. The van der Waals surface area contributed by atoms with Gasteiger partial charge >= 0.3 is 31.8 Å². The van der Waals surface area contributed by atoms with Crippen LogP contribution in [0.15, 0.2) is 0 Å². The number of halogens is 11. The lowest BCUT2D eigenvalue weighted by atomic mass is 10.1. The second kappa shape index (κ2) is 9.65. The maximum atomic E-state index is 13.7. The summed E-state index contributed by atoms with van der Waals surface area (Å²) in [5.74, 6) is -19.0. The molecule has 0 saturated carbocycles. The highest BCUT2D eigenvalue weighted by atomic mass is 35.6. The first kappa shape index (κ1) is 29.7. The Balaban J connectivity index is 6.13. The van der Waals surface area contributed by atoms with Crippen LogP contribution < -0.4 is 0 Å². The molecule has 0 bridgehead atoms. The van der Waals surface area contributed by atoms with Gasteiger partial charge in [-0.15, -0.1) is 0 Å². The van der Waals surface area contributed by atoms with E-state index in [0.29, 0.717) is 0 Å². The van der Waals surface area contributed by atoms with Gasteiger partial charge in [0.25, 0.3) is 0 Å². The maximum Gasteiger partial charge on any atom is 0.380 e. The van der Waals surface area contributed by atoms with E-state index in [1.807, 2.05) is 0 Å². The van der Waals surface area contributed by atoms with Crippen LogP contribution in [-0.4, -0.2) is 60.4 Å². The molecule has 0 aliphatic rings. The molecule has 0 amide bonds. The molecule has 0 rings (SSSR count). The molecule has 0 saturated heterocycles. The molecule has 0 aliphatic heterocycles. The molecule has 2 unspecified atom stereocenters. The summed E-state index contributed by atoms with van der Waals surface area (Å²) < 4.78 is 140. The van der Waals surface area contributed by atoms with Crippen LogP contribution in [0.3, 0.4) is 0 Å². The minimum absolute atomic E-state index is 0.722. The van der Waals surface area contributed by atoms with Crippen molar-refractivity contribution in [3.05, 3.63) is 0 Å². The van der Waals surface area contributed by atoms with Gasteiger partial charge in [-0.05, 0) is 0 Å². The van der Waals surface area contributed by atoms with Crippen molar-refractivity contribution in [2.75, 3.05) is 27.0 Å². The number of alkyl halides is 11. The van der Waals surface area contributed by atoms with E-state index in [-0.39, 0.29) is 0 Å². The Morgan fingerprint density at radius 2 is 1.34 bits per heavy atom. The first-order valence-corrected chi connectivity index (χ1v) is 11.8. The minimum Gasteiger partial charge on any atom is -0.321 e. The lowest BCUT2D eigenvalue weighted by molar-refractivity contribution is -0.342. The summed E-state index contributed by atoms with van der Waals surface area (Å²) in [6, 6.07) is 0. The van der Waals surface area contributed by atoms with Crippen LogP contribution in [0.1, 0.15) is 6.92 Å². The van der Waals surface area contributed by atoms with Gasteiger partial charge in [0, 0.05) is 20.4 Å². The lowest BCUT2D eigenvalue weighted by Gasteiger charge is -2.36. The van der Waals surface area contributed by atoms with Crippen LogP contribution in [0.5, 0.6) is 0 Å². The van der Waals surface area contributed by atoms with Crippen molar-refractivity contribution in [3.63, 3.8) is 0 Å². The van der Waals surface area contributed by atoms with Gasteiger partial charge < -0.3 is 13.6 Å². The van der Waals surface area contributed by atoms with Gasteiger partial charge in [-0.1, -0.05) is 41.7 Å². The van der Waals surface area contributed by atoms with Crippen molar-refractivity contribution in [1.82, 2.24) is 0 Å². The molecule has 0 aromatic rings. The molecule has 0 fully saturated rings. The Morgan fingerprint density at radius 3 is 1.62 bits per heavy atom. The van der Waals surface area contributed by atoms with E-state index < -0.39 is 61.1 Å². The smallest absolute Gasteiger partial charge is 0.321 e. The summed E-state index contributed by atoms with van der Waals surface area (Å²) in [5, 5.41) is -2.45. The normalized spacial score (nSPS) is 18.0. The third-order valence-electron chi connectivity index (χ3n) is 3.53. The summed E-state index contributed by atoms with van der Waals surface area (Å²) in [6.07, 6.45) is -6.05. The van der Waals surface area contributed by atoms with E-state index in [1.54, 1.807) is 0 Å². The van der Waals surface area contributed by atoms with Gasteiger partial charge in [-0.2, -0.15) is 26.3 Å². The predicted octanol–water partition coefficient (Wildman–Crippen LogP) is 6.65. The molecule has 29 heavy (non-hydrogen) atoms. The molecular weight excluding hydrogens is 532 g/mol. The lowest BCUT2D eigenvalue weighted by Crippen LogP contribution is -2.59. The van der Waals surface area contributed by atoms with E-state index in [0.717, 1.165) is 21.1 Å². The quantitative estimate of drug-likeness (QED) is 0.165. The third kappa shape index (κ3) is 5.92. The molecule has 0 aromatic heterocycles. The molecule has 0 heterocycles. The van der Waals surface area contributed by atoms with E-state index in [2.05, 4.69) is 13.6 Å². The van der Waals surface area contributed by atoms with Crippen molar-refractivity contribution < 1.29 is 57.8 Å². The predicted molar refractivity (Wildman–Crippen MR) is 90.6 cm³/mol. The van der Waals surface area contributed by atoms with Gasteiger partial charge in [-0.25, -0.2) is 8.78 Å². The van der Waals surface area contributed by atoms with Crippen LogP contribution in [0, 0.1) is 0 Å². The molecule has 0 aliphatic carbocycles. The molecule has 5 nitrogen and oxygen atoms in total. The highest BCUT2D eigenvalue weighted by molar-refractivity contribution is 7.75. The zero-order chi connectivity index (χ0) is 23.7. The molecule has 176 valence electrons. The van der Waals surface area contributed by atoms with Crippen molar-refractivity contribution in [1.29, 1.82) is 0 Å². The van der Waals surface area contributed by atoms with Crippen LogP contribution in [0.25, 0.3) is 0 Å². The van der Waals surface area contributed by atoms with E-state index in [1.165, 1.54) is 0 Å². The SMILES string of the molecule is CCP(=O)(OCC(F)(F)C(F)(F)C(F)(F)C(F)F)C(C(Cl)(Cl)Cl)P(=O)(OC)OC. The zero-order valence-electron chi connectivity index (χ0n) is 14.7. The van der Waals surface area contributed by atoms with Crippen molar-refractivity contribution in [2.45, 2.75) is 40.3 Å². The van der Waals surface area contributed by atoms with Crippen molar-refractivity contribution in [3.8, 4) is 0 Å². The zero-order valence-corrected chi connectivity index (χ0v) is 18.7. The Hall–Kier alpha value is 0.650. The second-order valence-electron chi connectivity index (χ2n) is 5.34. The summed E-state index contributed by atoms with van der Waals surface area (Å²) >= 11 is 16.6. The Bertz CT molecular complexity index is 653. The molecule has 0 radical (unpaired) electrons. The maximum absolute atomic E-state index is 13.7. The molecular formula is C11H15Cl3F8O5P2. The van der Waals surface area contributed by atoms with Crippen LogP contribution in [-0.2, 0) is 22.7 Å². The van der Waals surface area contributed by atoms with Crippen LogP contribution >= 0.6 is 49.8 Å². The highest BCUT2D eigenvalue weighted by Crippen LogP contribution is 2.75. The van der Waals surface area contributed by atoms with E-state index >= 15 is 0 Å². The molecule has 2 atom stereocenters. The minimum atomic E-state index is -6.62. The number of hydrogen-bond acceptors (Lipinski definition) is 5. The standard InChI is InChI=1S/C11H15Cl3F8O5P2/c1-4-28(23,7(10(12,13)14)29(24,25-2)26-3)27-5-8(17,18)11(21,22)9(19,20)6(15)16/h6-7H,4-5H2,1-3H3. The van der Waals surface area contributed by atoms with Gasteiger partial charge in [0.15, 0.2) is 5.40 Å². The first-order chi connectivity index (χ1) is 12.7. The monoisotopic (exact) mass is 546 g/mol. The van der Waals surface area contributed by atoms with E-state index in [9.17, 15) is 44.3 Å². The van der Waals surface area contributed by atoms with Gasteiger partial charge in [0.05, 0.1) is 0 Å². The molecule has 0 N–H and O–H groups in total. The van der Waals surface area contributed by atoms with Crippen LogP contribution in [0.4, 0.5) is 35.1 Å². The average molecular weight is 548 g/mol. The van der Waals surface area contributed by atoms with Gasteiger partial charge in [-0.3, -0.25) is 9.13 Å². The highest BCUT2D eigenvalue weighted by Gasteiger charge is 2.75. The van der Waals surface area contributed by atoms with Gasteiger partial charge in [0.2, 0.25) is 11.2 Å². The third-order valence-corrected chi connectivity index (χ3v) is 11.6. The van der Waals surface area contributed by atoms with Gasteiger partial charge in [0.1, 0.15) is 6.61 Å². The Labute approximate surface area is 175 Å². The molecule has 0 spiro atoms. The van der Waals surface area contributed by atoms with Crippen LogP contribution in [0.2, 0.25) is 0 Å². The topological polar surface area (TPSA) is 61.8 Å². The summed E-state index contributed by atoms with van der Waals surface area (Å²) in [6.45, 7) is -1.82. The Morgan fingerprint density at radius 1 is 0.931 bits per heavy atom. The summed E-state index contributed by atoms with van der Waals surface area (Å²) in [4.78, 5) is 0. The average Bonchev–Trinajstić information content (AvgIpc) is 2.58. The molecule has 18 heteroatoms. The number of hydrogen-bond donors (Lipinski definition) is 0. The van der Waals surface area contributed by atoms with Crippen molar-refractivity contribution >= 4 is 49.8 Å². The summed E-state index contributed by atoms with van der Waals surface area (Å²) in [7, 11) is -8.25. The largest absolute Gasteiger partial charge is 0.380 e. The summed E-state index contributed by atoms with van der Waals surface area (Å²) in [5.41, 5.74) is 0. The molecule has 0 aromatic carbocycles. The fraction of sp³-hybridized carbons (Fsp3) is 1.00. The second-order valence-corrected chi connectivity index (χ2v) is 13.3. The van der Waals surface area contributed by atoms with Crippen molar-refractivity contribution in [2.24, 2.45) is 0 Å². The number of rotatable bonds is 11. The fourth-order valence-corrected chi connectivity index (χ4v) is 9.69.